The minimum absolute atomic E-state index is 0.131. The maximum atomic E-state index is 9.50. The lowest BCUT2D eigenvalue weighted by Crippen LogP contribution is -2.24. The zero-order chi connectivity index (χ0) is 10.3. The van der Waals surface area contributed by atoms with E-state index in [4.69, 9.17) is 9.47 Å². The molecule has 0 aliphatic carbocycles. The van der Waals surface area contributed by atoms with Crippen LogP contribution in [0.25, 0.3) is 0 Å². The van der Waals surface area contributed by atoms with Crippen LogP contribution in [0.2, 0.25) is 0 Å². The van der Waals surface area contributed by atoms with Gasteiger partial charge in [0, 0.05) is 20.8 Å². The molecular formula is C10H22O3. The fourth-order valence-electron chi connectivity index (χ4n) is 1.01. The fraction of sp³-hybridized carbons (Fsp3) is 1.00. The van der Waals surface area contributed by atoms with Gasteiger partial charge in [-0.15, -0.1) is 0 Å². The summed E-state index contributed by atoms with van der Waals surface area (Å²) in [5.41, 5.74) is -0.131. The van der Waals surface area contributed by atoms with Crippen molar-refractivity contribution in [3.05, 3.63) is 0 Å². The first-order valence-corrected chi connectivity index (χ1v) is 4.74. The highest BCUT2D eigenvalue weighted by Crippen LogP contribution is 2.17. The molecule has 0 aromatic carbocycles. The van der Waals surface area contributed by atoms with Crippen molar-refractivity contribution in [2.24, 2.45) is 0 Å². The summed E-state index contributed by atoms with van der Waals surface area (Å²) in [4.78, 5) is 0. The molecule has 0 saturated heterocycles. The van der Waals surface area contributed by atoms with Gasteiger partial charge in [-0.05, 0) is 33.1 Å². The minimum atomic E-state index is -0.269. The van der Waals surface area contributed by atoms with Gasteiger partial charge in [0.05, 0.1) is 11.7 Å². The van der Waals surface area contributed by atoms with Gasteiger partial charge in [-0.2, -0.15) is 0 Å². The average Bonchev–Trinajstić information content (AvgIpc) is 2.11. The molecule has 0 spiro atoms. The first kappa shape index (κ1) is 12.9. The SMILES string of the molecule is COCCC(O)CCC(C)(C)OC. The minimum Gasteiger partial charge on any atom is -0.393 e. The van der Waals surface area contributed by atoms with Gasteiger partial charge in [0.25, 0.3) is 0 Å². The molecule has 1 atom stereocenters. The zero-order valence-corrected chi connectivity index (χ0v) is 9.17. The van der Waals surface area contributed by atoms with E-state index in [0.717, 1.165) is 12.8 Å². The second-order valence-corrected chi connectivity index (χ2v) is 3.94. The first-order valence-electron chi connectivity index (χ1n) is 4.74. The lowest BCUT2D eigenvalue weighted by atomic mass is 9.99. The van der Waals surface area contributed by atoms with E-state index >= 15 is 0 Å². The Morgan fingerprint density at radius 1 is 1.23 bits per heavy atom. The van der Waals surface area contributed by atoms with Gasteiger partial charge in [-0.3, -0.25) is 0 Å². The number of methoxy groups -OCH3 is 2. The van der Waals surface area contributed by atoms with Crippen molar-refractivity contribution in [2.75, 3.05) is 20.8 Å². The van der Waals surface area contributed by atoms with Gasteiger partial charge in [-0.25, -0.2) is 0 Å². The molecule has 80 valence electrons. The van der Waals surface area contributed by atoms with Crippen LogP contribution < -0.4 is 0 Å². The molecule has 1 N–H and O–H groups in total. The van der Waals surface area contributed by atoms with E-state index in [-0.39, 0.29) is 11.7 Å². The van der Waals surface area contributed by atoms with Crippen LogP contribution >= 0.6 is 0 Å². The summed E-state index contributed by atoms with van der Waals surface area (Å²) in [5, 5.41) is 9.50. The maximum Gasteiger partial charge on any atom is 0.0623 e. The van der Waals surface area contributed by atoms with Gasteiger partial charge < -0.3 is 14.6 Å². The lowest BCUT2D eigenvalue weighted by molar-refractivity contribution is -0.0000784. The van der Waals surface area contributed by atoms with Crippen LogP contribution in [0.3, 0.4) is 0 Å². The molecule has 0 bridgehead atoms. The molecule has 0 aromatic rings. The lowest BCUT2D eigenvalue weighted by Gasteiger charge is -2.24. The van der Waals surface area contributed by atoms with Gasteiger partial charge in [0.2, 0.25) is 0 Å². The number of ether oxygens (including phenoxy) is 2. The Morgan fingerprint density at radius 2 is 1.85 bits per heavy atom. The molecule has 0 radical (unpaired) electrons. The van der Waals surface area contributed by atoms with Crippen molar-refractivity contribution >= 4 is 0 Å². The van der Waals surface area contributed by atoms with Crippen LogP contribution in [-0.2, 0) is 9.47 Å². The molecule has 0 saturated carbocycles. The van der Waals surface area contributed by atoms with Crippen LogP contribution in [0, 0.1) is 0 Å². The van der Waals surface area contributed by atoms with Gasteiger partial charge in [0.1, 0.15) is 0 Å². The smallest absolute Gasteiger partial charge is 0.0623 e. The van der Waals surface area contributed by atoms with Crippen molar-refractivity contribution in [3.63, 3.8) is 0 Å². The Labute approximate surface area is 81.0 Å². The van der Waals surface area contributed by atoms with Crippen LogP contribution in [-0.4, -0.2) is 37.6 Å². The second kappa shape index (κ2) is 6.35. The molecular weight excluding hydrogens is 168 g/mol. The maximum absolute atomic E-state index is 9.50. The summed E-state index contributed by atoms with van der Waals surface area (Å²) in [6.07, 6.45) is 2.07. The third-order valence-electron chi connectivity index (χ3n) is 2.29. The van der Waals surface area contributed by atoms with Gasteiger partial charge in [0.15, 0.2) is 0 Å². The molecule has 0 amide bonds. The Kier molecular flexibility index (Phi) is 6.29. The first-order chi connectivity index (χ1) is 6.02. The molecule has 0 heterocycles. The second-order valence-electron chi connectivity index (χ2n) is 3.94. The summed E-state index contributed by atoms with van der Waals surface area (Å²) in [7, 11) is 3.34. The normalized spacial score (nSPS) is 14.5. The summed E-state index contributed by atoms with van der Waals surface area (Å²) in [6.45, 7) is 4.67. The van der Waals surface area contributed by atoms with Gasteiger partial charge in [-0.1, -0.05) is 0 Å². The van der Waals surface area contributed by atoms with E-state index < -0.39 is 0 Å². The van der Waals surface area contributed by atoms with E-state index in [0.29, 0.717) is 13.0 Å². The summed E-state index contributed by atoms with van der Waals surface area (Å²) in [6, 6.07) is 0. The Hall–Kier alpha value is -0.120. The summed E-state index contributed by atoms with van der Waals surface area (Å²) < 4.78 is 10.1. The quantitative estimate of drug-likeness (QED) is 0.662. The molecule has 1 unspecified atom stereocenters. The van der Waals surface area contributed by atoms with E-state index in [2.05, 4.69) is 0 Å². The standard InChI is InChI=1S/C10H22O3/c1-10(2,13-4)7-5-9(11)6-8-12-3/h9,11H,5-8H2,1-4H3. The van der Waals surface area contributed by atoms with Crippen LogP contribution in [0.5, 0.6) is 0 Å². The Morgan fingerprint density at radius 3 is 2.31 bits per heavy atom. The molecule has 0 aliphatic heterocycles. The van der Waals surface area contributed by atoms with Gasteiger partial charge >= 0.3 is 0 Å². The predicted octanol–water partition coefficient (Wildman–Crippen LogP) is 1.59. The van der Waals surface area contributed by atoms with Crippen molar-refractivity contribution in [1.82, 2.24) is 0 Å². The van der Waals surface area contributed by atoms with Crippen molar-refractivity contribution in [1.29, 1.82) is 0 Å². The molecule has 3 heteroatoms. The molecule has 3 nitrogen and oxygen atoms in total. The summed E-state index contributed by atoms with van der Waals surface area (Å²) >= 11 is 0. The molecule has 0 fully saturated rings. The third-order valence-corrected chi connectivity index (χ3v) is 2.29. The van der Waals surface area contributed by atoms with Crippen LogP contribution in [0.15, 0.2) is 0 Å². The predicted molar refractivity (Wildman–Crippen MR) is 52.8 cm³/mol. The largest absolute Gasteiger partial charge is 0.393 e. The van der Waals surface area contributed by atoms with E-state index in [1.807, 2.05) is 13.8 Å². The summed E-state index contributed by atoms with van der Waals surface area (Å²) in [5.74, 6) is 0. The van der Waals surface area contributed by atoms with Crippen LogP contribution in [0.4, 0.5) is 0 Å². The van der Waals surface area contributed by atoms with E-state index in [1.165, 1.54) is 0 Å². The Balaban J connectivity index is 3.51. The monoisotopic (exact) mass is 190 g/mol. The van der Waals surface area contributed by atoms with Crippen molar-refractivity contribution in [2.45, 2.75) is 44.8 Å². The highest BCUT2D eigenvalue weighted by atomic mass is 16.5. The third kappa shape index (κ3) is 6.99. The van der Waals surface area contributed by atoms with E-state index in [9.17, 15) is 5.11 Å². The van der Waals surface area contributed by atoms with E-state index in [1.54, 1.807) is 14.2 Å². The number of hydrogen-bond donors (Lipinski definition) is 1. The average molecular weight is 190 g/mol. The van der Waals surface area contributed by atoms with Crippen LogP contribution in [0.1, 0.15) is 33.1 Å². The Bertz CT molecular complexity index is 123. The topological polar surface area (TPSA) is 38.7 Å². The molecule has 0 aliphatic rings. The fourth-order valence-corrected chi connectivity index (χ4v) is 1.01. The molecule has 13 heavy (non-hydrogen) atoms. The number of hydrogen-bond acceptors (Lipinski definition) is 3. The number of rotatable bonds is 7. The highest BCUT2D eigenvalue weighted by Gasteiger charge is 2.17. The van der Waals surface area contributed by atoms with Crippen molar-refractivity contribution < 1.29 is 14.6 Å². The molecule has 0 rings (SSSR count). The number of aliphatic hydroxyl groups is 1. The van der Waals surface area contributed by atoms with Crippen molar-refractivity contribution in [3.8, 4) is 0 Å². The highest BCUT2D eigenvalue weighted by molar-refractivity contribution is 4.70. The number of aliphatic hydroxyl groups excluding tert-OH is 1. The molecule has 0 aromatic heterocycles. The zero-order valence-electron chi connectivity index (χ0n) is 9.17.